The number of hydrogen-bond acceptors (Lipinski definition) is 4. The van der Waals surface area contributed by atoms with Crippen molar-refractivity contribution in [2.24, 2.45) is 11.3 Å². The number of nitrogens with one attached hydrogen (secondary N) is 1. The fraction of sp³-hybridized carbons (Fsp3) is 0.870. The second-order valence-electron chi connectivity index (χ2n) is 10.6. The first kappa shape index (κ1) is 22.4. The van der Waals surface area contributed by atoms with Crippen LogP contribution in [0.15, 0.2) is 0 Å². The standard InChI is InChI=1S/C23H34F2N4O2/c1-21(24,25)13-17(20(31)27-23(14-26)7-8-23)3-2-4-19(30)29-15-22(16-29)9-11-28(12-10-22)18-5-6-18/h17-18H,2-13,15-16H2,1H3,(H,27,31)/t17-/m0/s1. The smallest absolute Gasteiger partial charge is 0.246 e. The predicted molar refractivity (Wildman–Crippen MR) is 111 cm³/mol. The number of piperidine rings is 1. The molecular weight excluding hydrogens is 402 g/mol. The number of carbonyl (C=O) groups excluding carboxylic acids is 2. The Morgan fingerprint density at radius 3 is 2.35 bits per heavy atom. The topological polar surface area (TPSA) is 76.4 Å². The van der Waals surface area contributed by atoms with Crippen molar-refractivity contribution in [3.8, 4) is 6.07 Å². The van der Waals surface area contributed by atoms with Gasteiger partial charge in [0.25, 0.3) is 0 Å². The minimum absolute atomic E-state index is 0.0633. The van der Waals surface area contributed by atoms with E-state index in [0.29, 0.717) is 19.3 Å². The lowest BCUT2D eigenvalue weighted by Gasteiger charge is -2.54. The lowest BCUT2D eigenvalue weighted by atomic mass is 9.71. The fourth-order valence-corrected chi connectivity index (χ4v) is 5.20. The highest BCUT2D eigenvalue weighted by Gasteiger charge is 2.48. The van der Waals surface area contributed by atoms with Gasteiger partial charge in [0.05, 0.1) is 6.07 Å². The van der Waals surface area contributed by atoms with Crippen LogP contribution in [0.3, 0.4) is 0 Å². The Kier molecular flexibility index (Phi) is 6.01. The molecule has 172 valence electrons. The van der Waals surface area contributed by atoms with Gasteiger partial charge in [0.15, 0.2) is 0 Å². The van der Waals surface area contributed by atoms with Crippen molar-refractivity contribution >= 4 is 11.8 Å². The molecule has 2 amide bonds. The molecule has 6 nitrogen and oxygen atoms in total. The van der Waals surface area contributed by atoms with E-state index in [-0.39, 0.29) is 24.2 Å². The van der Waals surface area contributed by atoms with Crippen LogP contribution < -0.4 is 5.32 Å². The number of nitrogens with zero attached hydrogens (tertiary/aromatic N) is 3. The first-order valence-electron chi connectivity index (χ1n) is 11.8. The van der Waals surface area contributed by atoms with Crippen LogP contribution in [0.2, 0.25) is 0 Å². The van der Waals surface area contributed by atoms with Gasteiger partial charge in [0.1, 0.15) is 5.54 Å². The molecule has 1 N–H and O–H groups in total. The molecule has 1 atom stereocenters. The first-order valence-corrected chi connectivity index (χ1v) is 11.8. The molecule has 0 unspecified atom stereocenters. The van der Waals surface area contributed by atoms with E-state index in [1.807, 2.05) is 4.90 Å². The molecule has 1 spiro atoms. The summed E-state index contributed by atoms with van der Waals surface area (Å²) < 4.78 is 27.2. The molecule has 0 bridgehead atoms. The predicted octanol–water partition coefficient (Wildman–Crippen LogP) is 3.08. The third kappa shape index (κ3) is 5.54. The Hall–Kier alpha value is -1.75. The summed E-state index contributed by atoms with van der Waals surface area (Å²) in [4.78, 5) is 29.6. The molecule has 0 aromatic rings. The maximum absolute atomic E-state index is 13.6. The molecule has 2 saturated heterocycles. The van der Waals surface area contributed by atoms with E-state index in [4.69, 9.17) is 5.26 Å². The molecule has 2 saturated carbocycles. The summed E-state index contributed by atoms with van der Waals surface area (Å²) in [6, 6.07) is 2.87. The van der Waals surface area contributed by atoms with E-state index in [1.165, 1.54) is 12.8 Å². The van der Waals surface area contributed by atoms with Gasteiger partial charge in [-0.25, -0.2) is 8.78 Å². The number of carbonyl (C=O) groups is 2. The Morgan fingerprint density at radius 1 is 1.19 bits per heavy atom. The second-order valence-corrected chi connectivity index (χ2v) is 10.6. The summed E-state index contributed by atoms with van der Waals surface area (Å²) >= 11 is 0. The number of halogens is 2. The molecule has 8 heteroatoms. The van der Waals surface area contributed by atoms with Crippen LogP contribution >= 0.6 is 0 Å². The van der Waals surface area contributed by atoms with Crippen LogP contribution in [-0.4, -0.2) is 65.3 Å². The van der Waals surface area contributed by atoms with Gasteiger partial charge in [-0.2, -0.15) is 5.26 Å². The average molecular weight is 437 g/mol. The Bertz CT molecular complexity index is 736. The molecule has 0 radical (unpaired) electrons. The molecule has 0 aromatic heterocycles. The lowest BCUT2D eigenvalue weighted by molar-refractivity contribution is -0.147. The average Bonchev–Trinajstić information content (AvgIpc) is 3.59. The van der Waals surface area contributed by atoms with Crippen LogP contribution in [0.5, 0.6) is 0 Å². The Balaban J connectivity index is 1.20. The number of likely N-dealkylation sites (tertiary alicyclic amines) is 2. The molecular formula is C23H34F2N4O2. The van der Waals surface area contributed by atoms with Crippen LogP contribution in [0.4, 0.5) is 8.78 Å². The molecule has 0 aromatic carbocycles. The minimum atomic E-state index is -2.96. The van der Waals surface area contributed by atoms with Gasteiger partial charge in [-0.15, -0.1) is 0 Å². The quantitative estimate of drug-likeness (QED) is 0.603. The number of amides is 2. The molecule has 2 heterocycles. The van der Waals surface area contributed by atoms with E-state index in [1.54, 1.807) is 0 Å². The minimum Gasteiger partial charge on any atom is -0.341 e. The van der Waals surface area contributed by atoms with Gasteiger partial charge in [-0.1, -0.05) is 0 Å². The van der Waals surface area contributed by atoms with Crippen LogP contribution in [0.25, 0.3) is 0 Å². The van der Waals surface area contributed by atoms with E-state index < -0.39 is 29.7 Å². The first-order chi connectivity index (χ1) is 14.6. The highest BCUT2D eigenvalue weighted by molar-refractivity contribution is 5.81. The highest BCUT2D eigenvalue weighted by atomic mass is 19.3. The number of rotatable bonds is 9. The third-order valence-electron chi connectivity index (χ3n) is 7.57. The summed E-state index contributed by atoms with van der Waals surface area (Å²) in [5.74, 6) is -4.27. The summed E-state index contributed by atoms with van der Waals surface area (Å²) in [7, 11) is 0. The Morgan fingerprint density at radius 2 is 1.84 bits per heavy atom. The van der Waals surface area contributed by atoms with Crippen molar-refractivity contribution < 1.29 is 18.4 Å². The van der Waals surface area contributed by atoms with Gasteiger partial charge < -0.3 is 15.1 Å². The number of alkyl halides is 2. The van der Waals surface area contributed by atoms with E-state index in [2.05, 4.69) is 16.3 Å². The maximum atomic E-state index is 13.6. The van der Waals surface area contributed by atoms with Crippen molar-refractivity contribution in [3.05, 3.63) is 0 Å². The molecule has 31 heavy (non-hydrogen) atoms. The van der Waals surface area contributed by atoms with Crippen LogP contribution in [0, 0.1) is 22.7 Å². The zero-order valence-electron chi connectivity index (χ0n) is 18.5. The maximum Gasteiger partial charge on any atom is 0.246 e. The highest BCUT2D eigenvalue weighted by Crippen LogP contribution is 2.43. The summed E-state index contributed by atoms with van der Waals surface area (Å²) in [6.07, 6.45) is 6.48. The van der Waals surface area contributed by atoms with E-state index in [0.717, 1.165) is 52.0 Å². The summed E-state index contributed by atoms with van der Waals surface area (Å²) in [5.41, 5.74) is -0.584. The van der Waals surface area contributed by atoms with Gasteiger partial charge in [-0.3, -0.25) is 9.59 Å². The zero-order chi connectivity index (χ0) is 22.3. The van der Waals surface area contributed by atoms with E-state index >= 15 is 0 Å². The zero-order valence-corrected chi connectivity index (χ0v) is 18.5. The Labute approximate surface area is 183 Å². The van der Waals surface area contributed by atoms with Crippen LogP contribution in [-0.2, 0) is 9.59 Å². The SMILES string of the molecule is CC(F)(F)C[C@H](CCCC(=O)N1CC2(CCN(C3CC3)CC2)C1)C(=O)NC1(C#N)CC1. The van der Waals surface area contributed by atoms with Crippen molar-refractivity contribution in [3.63, 3.8) is 0 Å². The van der Waals surface area contributed by atoms with Crippen molar-refractivity contribution in [1.82, 2.24) is 15.1 Å². The molecule has 4 aliphatic rings. The van der Waals surface area contributed by atoms with Crippen molar-refractivity contribution in [2.45, 2.75) is 88.6 Å². The lowest BCUT2D eigenvalue weighted by Crippen LogP contribution is -2.62. The fourth-order valence-electron chi connectivity index (χ4n) is 5.20. The van der Waals surface area contributed by atoms with Gasteiger partial charge in [-0.05, 0) is 71.4 Å². The van der Waals surface area contributed by atoms with Gasteiger partial charge >= 0.3 is 0 Å². The molecule has 2 aliphatic heterocycles. The normalized spacial score (nSPS) is 25.4. The monoisotopic (exact) mass is 436 g/mol. The largest absolute Gasteiger partial charge is 0.341 e. The van der Waals surface area contributed by atoms with Gasteiger partial charge in [0.2, 0.25) is 17.7 Å². The van der Waals surface area contributed by atoms with Crippen molar-refractivity contribution in [2.75, 3.05) is 26.2 Å². The summed E-state index contributed by atoms with van der Waals surface area (Å²) in [5, 5.41) is 11.8. The van der Waals surface area contributed by atoms with Crippen molar-refractivity contribution in [1.29, 1.82) is 5.26 Å². The van der Waals surface area contributed by atoms with Crippen LogP contribution in [0.1, 0.15) is 71.1 Å². The second kappa shape index (κ2) is 8.31. The number of nitriles is 1. The molecule has 4 fully saturated rings. The number of hydrogen-bond donors (Lipinski definition) is 1. The summed E-state index contributed by atoms with van der Waals surface area (Å²) in [6.45, 7) is 4.71. The van der Waals surface area contributed by atoms with Gasteiger partial charge in [0, 0.05) is 43.3 Å². The van der Waals surface area contributed by atoms with E-state index in [9.17, 15) is 18.4 Å². The third-order valence-corrected chi connectivity index (χ3v) is 7.57. The molecule has 4 rings (SSSR count). The molecule has 2 aliphatic carbocycles.